The number of rotatable bonds is 5. The van der Waals surface area contributed by atoms with Crippen molar-refractivity contribution >= 4 is 15.7 Å². The lowest BCUT2D eigenvalue weighted by Crippen LogP contribution is -2.20. The summed E-state index contributed by atoms with van der Waals surface area (Å²) in [6.07, 6.45) is 3.18. The molecule has 8 heteroatoms. The number of aryl methyl sites for hydroxylation is 1. The Balaban J connectivity index is 2.32. The molecule has 0 amide bonds. The smallest absolute Gasteiger partial charge is 0.255 e. The maximum Gasteiger partial charge on any atom is 0.255 e. The second kappa shape index (κ2) is 6.51. The molecular formula is C15H20N4O3S. The van der Waals surface area contributed by atoms with Gasteiger partial charge in [-0.3, -0.25) is 4.98 Å². The molecule has 0 aromatic carbocycles. The van der Waals surface area contributed by atoms with Crippen molar-refractivity contribution in [3.63, 3.8) is 0 Å². The van der Waals surface area contributed by atoms with Gasteiger partial charge in [-0.1, -0.05) is 0 Å². The predicted octanol–water partition coefficient (Wildman–Crippen LogP) is 1.39. The predicted molar refractivity (Wildman–Crippen MR) is 88.0 cm³/mol. The van der Waals surface area contributed by atoms with Gasteiger partial charge in [0.25, 0.3) is 10.0 Å². The molecule has 2 heterocycles. The second-order valence-electron chi connectivity index (χ2n) is 5.30. The van der Waals surface area contributed by atoms with Gasteiger partial charge in [0.1, 0.15) is 5.75 Å². The fourth-order valence-electron chi connectivity index (χ4n) is 2.34. The van der Waals surface area contributed by atoms with E-state index >= 15 is 0 Å². The summed E-state index contributed by atoms with van der Waals surface area (Å²) in [5.74, 6) is 0.809. The van der Waals surface area contributed by atoms with E-state index in [0.717, 1.165) is 22.6 Å². The molecule has 0 aliphatic carbocycles. The molecule has 2 aromatic heterocycles. The van der Waals surface area contributed by atoms with E-state index in [1.165, 1.54) is 12.3 Å². The molecule has 124 valence electrons. The lowest BCUT2D eigenvalue weighted by atomic mass is 10.1. The van der Waals surface area contributed by atoms with Crippen molar-refractivity contribution in [1.82, 2.24) is 9.97 Å². The Morgan fingerprint density at radius 3 is 2.61 bits per heavy atom. The molecule has 0 aliphatic rings. The van der Waals surface area contributed by atoms with Gasteiger partial charge in [0.15, 0.2) is 5.03 Å². The van der Waals surface area contributed by atoms with E-state index in [4.69, 9.17) is 9.88 Å². The minimum Gasteiger partial charge on any atom is -0.496 e. The maximum absolute atomic E-state index is 11.4. The fourth-order valence-corrected chi connectivity index (χ4v) is 2.83. The fraction of sp³-hybridized carbons (Fsp3) is 0.333. The molecule has 23 heavy (non-hydrogen) atoms. The summed E-state index contributed by atoms with van der Waals surface area (Å²) in [6.45, 7) is 4.38. The molecule has 0 saturated heterocycles. The zero-order valence-electron chi connectivity index (χ0n) is 13.6. The van der Waals surface area contributed by atoms with E-state index in [0.29, 0.717) is 12.2 Å². The maximum atomic E-state index is 11.4. The minimum atomic E-state index is -3.83. The third-order valence-electron chi connectivity index (χ3n) is 3.59. The number of methoxy groups -OCH3 is 1. The van der Waals surface area contributed by atoms with Crippen molar-refractivity contribution < 1.29 is 13.2 Å². The van der Waals surface area contributed by atoms with Crippen molar-refractivity contribution in [2.75, 3.05) is 19.1 Å². The topological polar surface area (TPSA) is 98.4 Å². The van der Waals surface area contributed by atoms with Gasteiger partial charge in [-0.2, -0.15) is 0 Å². The molecule has 0 aliphatic heterocycles. The van der Waals surface area contributed by atoms with E-state index in [1.807, 2.05) is 25.8 Å². The summed E-state index contributed by atoms with van der Waals surface area (Å²) < 4.78 is 28.2. The number of nitrogens with two attached hydrogens (primary N) is 1. The monoisotopic (exact) mass is 336 g/mol. The summed E-state index contributed by atoms with van der Waals surface area (Å²) in [5.41, 5.74) is 3.46. The zero-order valence-corrected chi connectivity index (χ0v) is 14.4. The summed E-state index contributed by atoms with van der Waals surface area (Å²) in [6, 6.07) is 3.16. The molecule has 0 spiro atoms. The highest BCUT2D eigenvalue weighted by molar-refractivity contribution is 7.89. The number of ether oxygens (including phenoxy) is 1. The third kappa shape index (κ3) is 3.77. The Labute approximate surface area is 136 Å². The first kappa shape index (κ1) is 17.2. The average Bonchev–Trinajstić information content (AvgIpc) is 2.50. The molecule has 0 unspecified atom stereocenters. The van der Waals surface area contributed by atoms with Gasteiger partial charge < -0.3 is 9.64 Å². The Morgan fingerprint density at radius 1 is 1.30 bits per heavy atom. The Bertz CT molecular complexity index is 821. The normalized spacial score (nSPS) is 11.3. The Hall–Kier alpha value is -2.19. The number of anilines is 1. The van der Waals surface area contributed by atoms with Crippen molar-refractivity contribution in [2.45, 2.75) is 25.4 Å². The molecule has 7 nitrogen and oxygen atoms in total. The molecular weight excluding hydrogens is 316 g/mol. The minimum absolute atomic E-state index is 0.159. The van der Waals surface area contributed by atoms with Crippen molar-refractivity contribution in [3.05, 3.63) is 41.3 Å². The first-order valence-corrected chi connectivity index (χ1v) is 8.47. The van der Waals surface area contributed by atoms with Crippen LogP contribution < -0.4 is 14.8 Å². The van der Waals surface area contributed by atoms with Crippen LogP contribution in [0.25, 0.3) is 0 Å². The molecule has 2 rings (SSSR count). The highest BCUT2D eigenvalue weighted by Gasteiger charge is 2.14. The summed E-state index contributed by atoms with van der Waals surface area (Å²) >= 11 is 0. The Kier molecular flexibility index (Phi) is 4.86. The number of hydrogen-bond donors (Lipinski definition) is 1. The van der Waals surface area contributed by atoms with Crippen LogP contribution in [0.3, 0.4) is 0 Å². The quantitative estimate of drug-likeness (QED) is 0.886. The van der Waals surface area contributed by atoms with Crippen LogP contribution in [0.4, 0.5) is 5.69 Å². The van der Waals surface area contributed by atoms with Crippen LogP contribution in [0, 0.1) is 13.8 Å². The van der Waals surface area contributed by atoms with Gasteiger partial charge in [0.05, 0.1) is 19.3 Å². The van der Waals surface area contributed by atoms with Crippen LogP contribution in [-0.4, -0.2) is 32.5 Å². The van der Waals surface area contributed by atoms with E-state index in [1.54, 1.807) is 19.4 Å². The summed E-state index contributed by atoms with van der Waals surface area (Å²) in [7, 11) is -0.358. The Morgan fingerprint density at radius 2 is 2.00 bits per heavy atom. The third-order valence-corrected chi connectivity index (χ3v) is 4.39. The van der Waals surface area contributed by atoms with Crippen LogP contribution in [0.2, 0.25) is 0 Å². The summed E-state index contributed by atoms with van der Waals surface area (Å²) in [4.78, 5) is 10.1. The van der Waals surface area contributed by atoms with Gasteiger partial charge in [-0.05, 0) is 19.9 Å². The molecule has 0 fully saturated rings. The number of primary sulfonamides is 1. The van der Waals surface area contributed by atoms with E-state index in [9.17, 15) is 8.42 Å². The van der Waals surface area contributed by atoms with Crippen molar-refractivity contribution in [1.29, 1.82) is 0 Å². The van der Waals surface area contributed by atoms with Crippen LogP contribution in [0.15, 0.2) is 29.6 Å². The van der Waals surface area contributed by atoms with Crippen molar-refractivity contribution in [3.8, 4) is 5.75 Å². The number of sulfonamides is 1. The van der Waals surface area contributed by atoms with Crippen LogP contribution in [-0.2, 0) is 16.6 Å². The zero-order chi connectivity index (χ0) is 17.2. The molecule has 2 aromatic rings. The highest BCUT2D eigenvalue weighted by Crippen LogP contribution is 2.26. The lowest BCUT2D eigenvalue weighted by molar-refractivity contribution is 0.407. The molecule has 0 atom stereocenters. The van der Waals surface area contributed by atoms with Gasteiger partial charge in [-0.25, -0.2) is 18.5 Å². The average molecular weight is 336 g/mol. The van der Waals surface area contributed by atoms with Gasteiger partial charge in [-0.15, -0.1) is 0 Å². The second-order valence-corrected chi connectivity index (χ2v) is 6.81. The van der Waals surface area contributed by atoms with Gasteiger partial charge in [0.2, 0.25) is 0 Å². The number of nitrogens with zero attached hydrogens (tertiary/aromatic N) is 3. The largest absolute Gasteiger partial charge is 0.496 e. The van der Waals surface area contributed by atoms with Crippen LogP contribution in [0.5, 0.6) is 5.75 Å². The molecule has 2 N–H and O–H groups in total. The molecule has 0 radical (unpaired) electrons. The van der Waals surface area contributed by atoms with Crippen LogP contribution in [0.1, 0.15) is 16.8 Å². The lowest BCUT2D eigenvalue weighted by Gasteiger charge is -2.21. The summed E-state index contributed by atoms with van der Waals surface area (Å²) in [5, 5.41) is 4.96. The van der Waals surface area contributed by atoms with E-state index < -0.39 is 10.0 Å². The number of aromatic nitrogens is 2. The van der Waals surface area contributed by atoms with Crippen molar-refractivity contribution in [2.24, 2.45) is 5.14 Å². The van der Waals surface area contributed by atoms with Crippen LogP contribution >= 0.6 is 0 Å². The number of hydrogen-bond acceptors (Lipinski definition) is 6. The van der Waals surface area contributed by atoms with E-state index in [2.05, 4.69) is 9.97 Å². The number of pyridine rings is 2. The van der Waals surface area contributed by atoms with E-state index in [-0.39, 0.29) is 5.03 Å². The van der Waals surface area contributed by atoms with Gasteiger partial charge >= 0.3 is 0 Å². The first-order chi connectivity index (χ1) is 10.7. The molecule has 0 bridgehead atoms. The first-order valence-electron chi connectivity index (χ1n) is 6.93. The molecule has 0 saturated carbocycles. The SMILES string of the molecule is COc1c(C)cnc(CN(C)c2ccnc(S(N)(=O)=O)c2)c1C. The highest BCUT2D eigenvalue weighted by atomic mass is 32.2. The van der Waals surface area contributed by atoms with Gasteiger partial charge in [0, 0.05) is 42.3 Å². The standard InChI is InChI=1S/C15H20N4O3S/c1-10-8-18-13(11(2)15(10)22-4)9-19(3)12-5-6-17-14(7-12)23(16,20)21/h5-8H,9H2,1-4H3,(H2,16,20,21).